The highest BCUT2D eigenvalue weighted by atomic mass is 16.2. The maximum absolute atomic E-state index is 11.2. The lowest BCUT2D eigenvalue weighted by atomic mass is 10.1. The highest BCUT2D eigenvalue weighted by Gasteiger charge is 2.11. The second-order valence-electron chi connectivity index (χ2n) is 3.88. The fourth-order valence-corrected chi connectivity index (χ4v) is 0.898. The lowest BCUT2D eigenvalue weighted by Crippen LogP contribution is -2.42. The zero-order chi connectivity index (χ0) is 13.0. The Morgan fingerprint density at radius 3 is 2.12 bits per heavy atom. The van der Waals surface area contributed by atoms with Crippen LogP contribution < -0.4 is 11.1 Å². The van der Waals surface area contributed by atoms with E-state index in [1.165, 1.54) is 13.3 Å². The third-order valence-corrected chi connectivity index (χ3v) is 1.72. The molecule has 0 saturated carbocycles. The summed E-state index contributed by atoms with van der Waals surface area (Å²) in [5.74, 6) is -0.292. The van der Waals surface area contributed by atoms with Gasteiger partial charge in [-0.3, -0.25) is 9.59 Å². The van der Waals surface area contributed by atoms with E-state index in [-0.39, 0.29) is 18.2 Å². The molecule has 96 valence electrons. The first-order valence-electron chi connectivity index (χ1n) is 6.02. The molecule has 4 heteroatoms. The van der Waals surface area contributed by atoms with Crippen LogP contribution >= 0.6 is 0 Å². The second-order valence-corrected chi connectivity index (χ2v) is 3.88. The Balaban J connectivity index is 0. The summed E-state index contributed by atoms with van der Waals surface area (Å²) in [7, 11) is 0. The molecule has 0 aromatic carbocycles. The van der Waals surface area contributed by atoms with Crippen LogP contribution in [0.15, 0.2) is 0 Å². The Morgan fingerprint density at radius 1 is 1.25 bits per heavy atom. The molecule has 3 N–H and O–H groups in total. The van der Waals surface area contributed by atoms with E-state index in [2.05, 4.69) is 19.2 Å². The number of hydrogen-bond donors (Lipinski definition) is 2. The summed E-state index contributed by atoms with van der Waals surface area (Å²) in [5.41, 5.74) is 5.57. The van der Waals surface area contributed by atoms with Gasteiger partial charge in [-0.15, -0.1) is 0 Å². The Bertz CT molecular complexity index is 193. The molecule has 16 heavy (non-hydrogen) atoms. The first-order chi connectivity index (χ1) is 7.49. The Kier molecular flexibility index (Phi) is 13.3. The van der Waals surface area contributed by atoms with Crippen LogP contribution in [0.25, 0.3) is 0 Å². The van der Waals surface area contributed by atoms with E-state index >= 15 is 0 Å². The van der Waals surface area contributed by atoms with Crippen molar-refractivity contribution >= 4 is 11.7 Å². The molecule has 4 nitrogen and oxygen atoms in total. The monoisotopic (exact) mass is 230 g/mol. The molecule has 0 heterocycles. The van der Waals surface area contributed by atoms with E-state index in [1.807, 2.05) is 6.92 Å². The maximum Gasteiger partial charge on any atom is 0.237 e. The molecule has 0 aliphatic carbocycles. The van der Waals surface area contributed by atoms with Crippen molar-refractivity contribution in [1.29, 1.82) is 0 Å². The van der Waals surface area contributed by atoms with Crippen LogP contribution in [0.2, 0.25) is 0 Å². The quantitative estimate of drug-likeness (QED) is 0.728. The third kappa shape index (κ3) is 13.1. The van der Waals surface area contributed by atoms with Gasteiger partial charge in [-0.1, -0.05) is 40.0 Å². The molecular weight excluding hydrogens is 204 g/mol. The van der Waals surface area contributed by atoms with E-state index in [0.29, 0.717) is 6.42 Å². The van der Waals surface area contributed by atoms with E-state index in [0.717, 1.165) is 12.8 Å². The van der Waals surface area contributed by atoms with Crippen LogP contribution in [-0.2, 0) is 9.59 Å². The molecule has 0 aromatic heterocycles. The van der Waals surface area contributed by atoms with Crippen LogP contribution in [0.5, 0.6) is 0 Å². The standard InChI is InChI=1S/C9H18N2O2.C3H8/c1-3-4-5-8(10)9(13)11-6-7(2)12;1-3-2/h8H,3-6,10H2,1-2H3,(H,11,13);3H2,1-2H3. The Hall–Kier alpha value is -0.900. The lowest BCUT2D eigenvalue weighted by molar-refractivity contribution is -0.125. The summed E-state index contributed by atoms with van der Waals surface area (Å²) >= 11 is 0. The molecule has 1 atom stereocenters. The molecule has 0 radical (unpaired) electrons. The number of unbranched alkanes of at least 4 members (excludes halogenated alkanes) is 1. The highest BCUT2D eigenvalue weighted by Crippen LogP contribution is 1.97. The smallest absolute Gasteiger partial charge is 0.237 e. The van der Waals surface area contributed by atoms with Gasteiger partial charge in [0.15, 0.2) is 0 Å². The average Bonchev–Trinajstić information content (AvgIpc) is 2.23. The Labute approximate surface area is 99.0 Å². The predicted octanol–water partition coefficient (Wildman–Crippen LogP) is 1.63. The first-order valence-corrected chi connectivity index (χ1v) is 6.02. The summed E-state index contributed by atoms with van der Waals surface area (Å²) in [5, 5.41) is 2.48. The largest absolute Gasteiger partial charge is 0.348 e. The van der Waals surface area contributed by atoms with Gasteiger partial charge in [0, 0.05) is 0 Å². The van der Waals surface area contributed by atoms with Gasteiger partial charge in [-0.2, -0.15) is 0 Å². The molecule has 1 unspecified atom stereocenters. The molecule has 0 aliphatic heterocycles. The molecular formula is C12H26N2O2. The minimum Gasteiger partial charge on any atom is -0.348 e. The molecule has 0 aromatic rings. The van der Waals surface area contributed by atoms with Crippen LogP contribution in [0.3, 0.4) is 0 Å². The van der Waals surface area contributed by atoms with E-state index in [9.17, 15) is 9.59 Å². The maximum atomic E-state index is 11.2. The molecule has 0 fully saturated rings. The normalized spacial score (nSPS) is 11.1. The van der Waals surface area contributed by atoms with Crippen molar-refractivity contribution in [2.45, 2.75) is 59.4 Å². The van der Waals surface area contributed by atoms with Crippen LogP contribution in [0.4, 0.5) is 0 Å². The number of rotatable bonds is 6. The SMILES string of the molecule is CCC.CCCCC(N)C(=O)NCC(C)=O. The van der Waals surface area contributed by atoms with Gasteiger partial charge in [0.2, 0.25) is 5.91 Å². The van der Waals surface area contributed by atoms with E-state index < -0.39 is 6.04 Å². The summed E-state index contributed by atoms with van der Waals surface area (Å²) in [6, 6.07) is -0.473. The van der Waals surface area contributed by atoms with Gasteiger partial charge in [-0.25, -0.2) is 0 Å². The van der Waals surface area contributed by atoms with Crippen LogP contribution in [0.1, 0.15) is 53.4 Å². The number of Topliss-reactive ketones (excluding diaryl/α,β-unsaturated/α-hetero) is 1. The van der Waals surface area contributed by atoms with Crippen molar-refractivity contribution < 1.29 is 9.59 Å². The van der Waals surface area contributed by atoms with Gasteiger partial charge in [0.25, 0.3) is 0 Å². The molecule has 0 spiro atoms. The molecule has 0 saturated heterocycles. The predicted molar refractivity (Wildman–Crippen MR) is 67.2 cm³/mol. The minimum absolute atomic E-state index is 0.0592. The molecule has 1 amide bonds. The van der Waals surface area contributed by atoms with Crippen molar-refractivity contribution in [3.63, 3.8) is 0 Å². The fraction of sp³-hybridized carbons (Fsp3) is 0.833. The van der Waals surface area contributed by atoms with Crippen molar-refractivity contribution in [3.8, 4) is 0 Å². The Morgan fingerprint density at radius 2 is 1.75 bits per heavy atom. The van der Waals surface area contributed by atoms with Gasteiger partial charge in [0.1, 0.15) is 5.78 Å². The van der Waals surface area contributed by atoms with Gasteiger partial charge < -0.3 is 11.1 Å². The van der Waals surface area contributed by atoms with Gasteiger partial charge in [-0.05, 0) is 13.3 Å². The number of hydrogen-bond acceptors (Lipinski definition) is 3. The fourth-order valence-electron chi connectivity index (χ4n) is 0.898. The highest BCUT2D eigenvalue weighted by molar-refractivity contribution is 5.87. The number of ketones is 1. The number of nitrogens with two attached hydrogens (primary N) is 1. The summed E-state index contributed by atoms with van der Waals surface area (Å²) in [6.45, 7) is 7.80. The number of carbonyl (C=O) groups excluding carboxylic acids is 2. The lowest BCUT2D eigenvalue weighted by Gasteiger charge is -2.10. The minimum atomic E-state index is -0.473. The second kappa shape index (κ2) is 12.2. The van der Waals surface area contributed by atoms with Crippen molar-refractivity contribution in [3.05, 3.63) is 0 Å². The average molecular weight is 230 g/mol. The summed E-state index contributed by atoms with van der Waals surface area (Å²) in [6.07, 6.45) is 3.89. The van der Waals surface area contributed by atoms with Crippen LogP contribution in [-0.4, -0.2) is 24.3 Å². The van der Waals surface area contributed by atoms with Gasteiger partial charge >= 0.3 is 0 Å². The molecule has 0 rings (SSSR count). The zero-order valence-electron chi connectivity index (χ0n) is 11.0. The topological polar surface area (TPSA) is 72.2 Å². The third-order valence-electron chi connectivity index (χ3n) is 1.72. The number of amides is 1. The zero-order valence-corrected chi connectivity index (χ0v) is 11.0. The van der Waals surface area contributed by atoms with Crippen molar-refractivity contribution in [1.82, 2.24) is 5.32 Å². The van der Waals surface area contributed by atoms with Crippen molar-refractivity contribution in [2.24, 2.45) is 5.73 Å². The summed E-state index contributed by atoms with van der Waals surface area (Å²) < 4.78 is 0. The number of nitrogens with one attached hydrogen (secondary N) is 1. The van der Waals surface area contributed by atoms with E-state index in [1.54, 1.807) is 0 Å². The van der Waals surface area contributed by atoms with E-state index in [4.69, 9.17) is 5.73 Å². The van der Waals surface area contributed by atoms with Crippen LogP contribution in [0, 0.1) is 0 Å². The number of carbonyl (C=O) groups is 2. The summed E-state index contributed by atoms with van der Waals surface area (Å²) in [4.78, 5) is 21.7. The molecule has 0 aliphatic rings. The van der Waals surface area contributed by atoms with Crippen molar-refractivity contribution in [2.75, 3.05) is 6.54 Å². The molecule has 0 bridgehead atoms. The van der Waals surface area contributed by atoms with Gasteiger partial charge in [0.05, 0.1) is 12.6 Å². The first kappa shape index (κ1) is 17.5.